The molecule has 3 heterocycles. The first-order valence-corrected chi connectivity index (χ1v) is 4.65. The molecule has 1 unspecified atom stereocenters. The molecule has 1 aromatic heterocycles. The molecular formula is C10H12N4. The van der Waals surface area contributed by atoms with Crippen molar-refractivity contribution in [1.82, 2.24) is 9.88 Å². The van der Waals surface area contributed by atoms with E-state index in [0.717, 1.165) is 5.82 Å². The van der Waals surface area contributed by atoms with E-state index >= 15 is 0 Å². The number of nitrogens with zero attached hydrogens (tertiary/aromatic N) is 4. The number of fused-ring (bicyclic) bond motifs is 3. The summed E-state index contributed by atoms with van der Waals surface area (Å²) in [7, 11) is 4.16. The van der Waals surface area contributed by atoms with E-state index in [0.29, 0.717) is 0 Å². The van der Waals surface area contributed by atoms with Gasteiger partial charge in [0.05, 0.1) is 5.69 Å². The van der Waals surface area contributed by atoms with Crippen LogP contribution >= 0.6 is 0 Å². The highest BCUT2D eigenvalue weighted by molar-refractivity contribution is 5.75. The fraction of sp³-hybridized carbons (Fsp3) is 0.300. The Kier molecular flexibility index (Phi) is 1.32. The average Bonchev–Trinajstić information content (AvgIpc) is 2.70. The zero-order valence-electron chi connectivity index (χ0n) is 8.25. The van der Waals surface area contributed by atoms with Gasteiger partial charge in [0.2, 0.25) is 0 Å². The van der Waals surface area contributed by atoms with Gasteiger partial charge < -0.3 is 9.80 Å². The lowest BCUT2D eigenvalue weighted by Gasteiger charge is -2.29. The Morgan fingerprint density at radius 1 is 1.29 bits per heavy atom. The molecule has 0 spiro atoms. The molecule has 2 aliphatic heterocycles. The largest absolute Gasteiger partial charge is 0.342 e. The van der Waals surface area contributed by atoms with Crippen molar-refractivity contribution in [2.75, 3.05) is 23.9 Å². The third-order valence-electron chi connectivity index (χ3n) is 2.81. The summed E-state index contributed by atoms with van der Waals surface area (Å²) in [6.45, 7) is 0. The number of rotatable bonds is 0. The van der Waals surface area contributed by atoms with Crippen LogP contribution in [0.5, 0.6) is 0 Å². The minimum Gasteiger partial charge on any atom is -0.342 e. The topological polar surface area (TPSA) is 22.6 Å². The van der Waals surface area contributed by atoms with Crippen molar-refractivity contribution >= 4 is 11.5 Å². The van der Waals surface area contributed by atoms with Gasteiger partial charge in [0, 0.05) is 32.7 Å². The van der Waals surface area contributed by atoms with Gasteiger partial charge in [0.15, 0.2) is 12.1 Å². The Bertz CT molecular complexity index is 401. The van der Waals surface area contributed by atoms with Crippen LogP contribution < -0.4 is 9.80 Å². The van der Waals surface area contributed by atoms with Crippen molar-refractivity contribution in [1.29, 1.82) is 0 Å². The first-order valence-electron chi connectivity index (χ1n) is 4.65. The standard InChI is InChI=1S/C10H12N4/c1-12-6-7-14-9-8(4-3-5-11-9)13(2)10(12)14/h3-7,10H,1-2H3. The smallest absolute Gasteiger partial charge is 0.185 e. The highest BCUT2D eigenvalue weighted by Crippen LogP contribution is 2.39. The summed E-state index contributed by atoms with van der Waals surface area (Å²) in [6.07, 6.45) is 6.24. The molecule has 14 heavy (non-hydrogen) atoms. The van der Waals surface area contributed by atoms with Crippen LogP contribution in [-0.4, -0.2) is 30.3 Å². The van der Waals surface area contributed by atoms with E-state index in [1.54, 1.807) is 0 Å². The van der Waals surface area contributed by atoms with Crippen LogP contribution in [0.2, 0.25) is 0 Å². The van der Waals surface area contributed by atoms with Crippen molar-refractivity contribution in [2.45, 2.75) is 6.29 Å². The molecule has 1 atom stereocenters. The Morgan fingerprint density at radius 2 is 2.14 bits per heavy atom. The minimum absolute atomic E-state index is 0.264. The summed E-state index contributed by atoms with van der Waals surface area (Å²) in [5, 5.41) is 0. The van der Waals surface area contributed by atoms with Crippen molar-refractivity contribution in [3.63, 3.8) is 0 Å². The zero-order chi connectivity index (χ0) is 9.71. The summed E-state index contributed by atoms with van der Waals surface area (Å²) in [4.78, 5) is 11.0. The lowest BCUT2D eigenvalue weighted by molar-refractivity contribution is 0.364. The molecule has 3 rings (SSSR count). The van der Waals surface area contributed by atoms with Gasteiger partial charge in [0.1, 0.15) is 0 Å². The maximum atomic E-state index is 4.39. The van der Waals surface area contributed by atoms with Gasteiger partial charge in [-0.2, -0.15) is 0 Å². The number of hydrogen-bond donors (Lipinski definition) is 0. The van der Waals surface area contributed by atoms with Crippen molar-refractivity contribution < 1.29 is 0 Å². The third kappa shape index (κ3) is 0.755. The second kappa shape index (κ2) is 2.41. The van der Waals surface area contributed by atoms with E-state index < -0.39 is 0 Å². The molecule has 0 aliphatic carbocycles. The Hall–Kier alpha value is -1.71. The maximum absolute atomic E-state index is 4.39. The second-order valence-electron chi connectivity index (χ2n) is 3.67. The summed E-state index contributed by atoms with van der Waals surface area (Å²) in [5.74, 6) is 1.04. The van der Waals surface area contributed by atoms with Crippen LogP contribution in [0.1, 0.15) is 0 Å². The fourth-order valence-corrected chi connectivity index (χ4v) is 2.15. The molecule has 0 amide bonds. The molecule has 72 valence electrons. The number of anilines is 2. The molecule has 0 bridgehead atoms. The van der Waals surface area contributed by atoms with Gasteiger partial charge in [-0.05, 0) is 12.1 Å². The van der Waals surface area contributed by atoms with Crippen LogP contribution in [0.15, 0.2) is 30.7 Å². The number of hydrogen-bond acceptors (Lipinski definition) is 4. The monoisotopic (exact) mass is 188 g/mol. The fourth-order valence-electron chi connectivity index (χ4n) is 2.15. The Labute approximate surface area is 83.1 Å². The van der Waals surface area contributed by atoms with Gasteiger partial charge in [-0.3, -0.25) is 4.90 Å². The van der Waals surface area contributed by atoms with Gasteiger partial charge in [-0.25, -0.2) is 4.98 Å². The van der Waals surface area contributed by atoms with E-state index in [2.05, 4.69) is 52.2 Å². The summed E-state index contributed by atoms with van der Waals surface area (Å²) < 4.78 is 0. The first-order chi connectivity index (χ1) is 6.79. The Morgan fingerprint density at radius 3 is 3.00 bits per heavy atom. The van der Waals surface area contributed by atoms with Gasteiger partial charge in [0.25, 0.3) is 0 Å². The predicted molar refractivity (Wildman–Crippen MR) is 55.8 cm³/mol. The lowest BCUT2D eigenvalue weighted by Crippen LogP contribution is -2.44. The molecule has 4 nitrogen and oxygen atoms in total. The molecule has 0 radical (unpaired) electrons. The SMILES string of the molecule is CN1C=CN2c3ncccc3N(C)C12. The summed E-state index contributed by atoms with van der Waals surface area (Å²) in [6, 6.07) is 4.07. The predicted octanol–water partition coefficient (Wildman–Crippen LogP) is 1.04. The molecule has 4 heteroatoms. The van der Waals surface area contributed by atoms with E-state index in [1.807, 2.05) is 12.3 Å². The average molecular weight is 188 g/mol. The molecule has 0 saturated carbocycles. The summed E-state index contributed by atoms with van der Waals surface area (Å²) >= 11 is 0. The zero-order valence-corrected chi connectivity index (χ0v) is 8.25. The molecule has 2 aliphatic rings. The van der Waals surface area contributed by atoms with Crippen LogP contribution in [0.25, 0.3) is 0 Å². The van der Waals surface area contributed by atoms with Crippen LogP contribution in [-0.2, 0) is 0 Å². The quantitative estimate of drug-likeness (QED) is 0.606. The normalized spacial score (nSPS) is 23.0. The van der Waals surface area contributed by atoms with E-state index in [1.165, 1.54) is 5.69 Å². The highest BCUT2D eigenvalue weighted by Gasteiger charge is 2.38. The molecule has 1 aromatic rings. The van der Waals surface area contributed by atoms with Gasteiger partial charge in [-0.15, -0.1) is 0 Å². The number of aromatic nitrogens is 1. The maximum Gasteiger partial charge on any atom is 0.185 e. The highest BCUT2D eigenvalue weighted by atomic mass is 15.6. The third-order valence-corrected chi connectivity index (χ3v) is 2.81. The van der Waals surface area contributed by atoms with Gasteiger partial charge in [-0.1, -0.05) is 0 Å². The summed E-state index contributed by atoms with van der Waals surface area (Å²) in [5.41, 5.74) is 1.19. The van der Waals surface area contributed by atoms with E-state index in [-0.39, 0.29) is 6.29 Å². The van der Waals surface area contributed by atoms with E-state index in [9.17, 15) is 0 Å². The molecule has 0 fully saturated rings. The second-order valence-corrected chi connectivity index (χ2v) is 3.67. The van der Waals surface area contributed by atoms with Crippen LogP contribution in [0, 0.1) is 0 Å². The number of pyridine rings is 1. The minimum atomic E-state index is 0.264. The first kappa shape index (κ1) is 7.67. The van der Waals surface area contributed by atoms with Crippen molar-refractivity contribution in [2.24, 2.45) is 0 Å². The van der Waals surface area contributed by atoms with Crippen molar-refractivity contribution in [3.05, 3.63) is 30.7 Å². The van der Waals surface area contributed by atoms with E-state index in [4.69, 9.17) is 0 Å². The van der Waals surface area contributed by atoms with Crippen LogP contribution in [0.3, 0.4) is 0 Å². The molecule has 0 saturated heterocycles. The Balaban J connectivity index is 2.15. The lowest BCUT2D eigenvalue weighted by atomic mass is 10.4. The van der Waals surface area contributed by atoms with Crippen molar-refractivity contribution in [3.8, 4) is 0 Å². The molecular weight excluding hydrogens is 176 g/mol. The molecule has 0 N–H and O–H groups in total. The van der Waals surface area contributed by atoms with Crippen LogP contribution in [0.4, 0.5) is 11.5 Å². The van der Waals surface area contributed by atoms with Gasteiger partial charge >= 0.3 is 0 Å². The molecule has 0 aromatic carbocycles.